The third-order valence-electron chi connectivity index (χ3n) is 7.99. The molecule has 1 aliphatic carbocycles. The molecule has 17 heteroatoms. The highest BCUT2D eigenvalue weighted by atomic mass is 16.8. The zero-order valence-corrected chi connectivity index (χ0v) is 27.7. The summed E-state index contributed by atoms with van der Waals surface area (Å²) in [5.74, 6) is -6.86. The molecule has 2 N–H and O–H groups in total. The summed E-state index contributed by atoms with van der Waals surface area (Å²) in [5, 5.41) is 23.4. The molecule has 0 aromatic heterocycles. The Morgan fingerprint density at radius 3 is 2.08 bits per heavy atom. The van der Waals surface area contributed by atoms with E-state index in [0.29, 0.717) is 5.56 Å². The lowest BCUT2D eigenvalue weighted by Crippen LogP contribution is -2.64. The van der Waals surface area contributed by atoms with Crippen LogP contribution in [0.15, 0.2) is 48.2 Å². The molecule has 1 aromatic rings. The van der Waals surface area contributed by atoms with Crippen molar-refractivity contribution in [3.8, 4) is 0 Å². The van der Waals surface area contributed by atoms with Gasteiger partial charge in [-0.2, -0.15) is 0 Å². The predicted molar refractivity (Wildman–Crippen MR) is 162 cm³/mol. The van der Waals surface area contributed by atoms with Gasteiger partial charge in [0, 0.05) is 40.2 Å². The Balaban J connectivity index is 1.68. The Morgan fingerprint density at radius 1 is 0.860 bits per heavy atom. The van der Waals surface area contributed by atoms with E-state index in [1.54, 1.807) is 30.3 Å². The zero-order chi connectivity index (χ0) is 36.7. The van der Waals surface area contributed by atoms with Crippen molar-refractivity contribution in [2.75, 3.05) is 13.7 Å². The number of rotatable bonds is 11. The van der Waals surface area contributed by atoms with Crippen molar-refractivity contribution in [2.24, 2.45) is 5.92 Å². The number of hydrogen-bond acceptors (Lipinski definition) is 17. The molecule has 2 aliphatic heterocycles. The number of carbonyl (C=O) groups excluding carboxylic acids is 6. The molecule has 2 fully saturated rings. The van der Waals surface area contributed by atoms with Crippen molar-refractivity contribution < 1.29 is 81.6 Å². The van der Waals surface area contributed by atoms with E-state index in [1.165, 1.54) is 6.08 Å². The summed E-state index contributed by atoms with van der Waals surface area (Å²) in [7, 11) is 1.05. The van der Waals surface area contributed by atoms with E-state index in [2.05, 4.69) is 0 Å². The van der Waals surface area contributed by atoms with Crippen LogP contribution in [0, 0.1) is 5.92 Å². The van der Waals surface area contributed by atoms with E-state index < -0.39 is 115 Å². The van der Waals surface area contributed by atoms with Gasteiger partial charge in [0.05, 0.1) is 19.3 Å². The van der Waals surface area contributed by atoms with Gasteiger partial charge in [-0.05, 0) is 11.6 Å². The molecular formula is C33H38O17. The monoisotopic (exact) mass is 706 g/mol. The quantitative estimate of drug-likeness (QED) is 0.178. The Bertz CT molecular complexity index is 1500. The number of hydrogen-bond donors (Lipinski definition) is 2. The van der Waals surface area contributed by atoms with Crippen LogP contribution in [0.5, 0.6) is 0 Å². The fraction of sp³-hybridized carbons (Fsp3) is 0.515. The summed E-state index contributed by atoms with van der Waals surface area (Å²) in [6, 6.07) is 8.80. The largest absolute Gasteiger partial charge is 0.471 e. The standard InChI is InChI=1S/C33H38O17/c1-16(34)43-15-23-27(45-17(2)35)28(46-18(3)36)29(47-19(4)37)32(49-23)50-31-25-26(39)22(13-33(25,41)21(14-44-31)30(40)42-5)48-24(38)12-11-20-9-7-6-8-10-20/h6-12,14,22-23,25-29,31-32,39,41H,13,15H2,1-5H3/b12-11+/t22-,23+,25-,26-,27+,28-,29+,31-,32-,33-/m0/s1. The molecule has 4 rings (SSSR count). The van der Waals surface area contributed by atoms with Gasteiger partial charge in [-0.3, -0.25) is 19.2 Å². The second-order valence-corrected chi connectivity index (χ2v) is 11.6. The molecule has 17 nitrogen and oxygen atoms in total. The molecule has 0 radical (unpaired) electrons. The molecule has 1 saturated carbocycles. The van der Waals surface area contributed by atoms with Crippen LogP contribution in [0.1, 0.15) is 39.7 Å². The molecule has 2 heterocycles. The van der Waals surface area contributed by atoms with Crippen molar-refractivity contribution in [3.05, 3.63) is 53.8 Å². The summed E-state index contributed by atoms with van der Waals surface area (Å²) < 4.78 is 49.2. The van der Waals surface area contributed by atoms with Gasteiger partial charge in [-0.15, -0.1) is 0 Å². The van der Waals surface area contributed by atoms with Crippen LogP contribution in [-0.2, 0) is 71.4 Å². The molecule has 0 spiro atoms. The molecule has 10 atom stereocenters. The van der Waals surface area contributed by atoms with E-state index >= 15 is 0 Å². The zero-order valence-electron chi connectivity index (χ0n) is 27.7. The first-order valence-electron chi connectivity index (χ1n) is 15.4. The third-order valence-corrected chi connectivity index (χ3v) is 7.99. The highest BCUT2D eigenvalue weighted by molar-refractivity contribution is 5.91. The van der Waals surface area contributed by atoms with Gasteiger partial charge in [0.2, 0.25) is 12.6 Å². The summed E-state index contributed by atoms with van der Waals surface area (Å²) >= 11 is 0. The highest BCUT2D eigenvalue weighted by Gasteiger charge is 2.64. The normalized spacial score (nSPS) is 31.7. The lowest BCUT2D eigenvalue weighted by atomic mass is 9.81. The van der Waals surface area contributed by atoms with Crippen molar-refractivity contribution in [1.82, 2.24) is 0 Å². The van der Waals surface area contributed by atoms with E-state index in [-0.39, 0.29) is 0 Å². The molecule has 272 valence electrons. The number of fused-ring (bicyclic) bond motifs is 1. The minimum Gasteiger partial charge on any atom is -0.471 e. The maximum atomic E-state index is 12.8. The van der Waals surface area contributed by atoms with E-state index in [0.717, 1.165) is 47.1 Å². The van der Waals surface area contributed by atoms with Crippen LogP contribution < -0.4 is 0 Å². The van der Waals surface area contributed by atoms with Gasteiger partial charge in [-0.25, -0.2) is 9.59 Å². The summed E-state index contributed by atoms with van der Waals surface area (Å²) in [6.07, 6.45) is -9.87. The fourth-order valence-corrected chi connectivity index (χ4v) is 5.98. The highest BCUT2D eigenvalue weighted by Crippen LogP contribution is 2.49. The average molecular weight is 707 g/mol. The first-order valence-corrected chi connectivity index (χ1v) is 15.4. The summed E-state index contributed by atoms with van der Waals surface area (Å²) in [4.78, 5) is 73.7. The second-order valence-electron chi connectivity index (χ2n) is 11.6. The van der Waals surface area contributed by atoms with Gasteiger partial charge in [0.15, 0.2) is 18.3 Å². The molecule has 1 aromatic carbocycles. The Hall–Kier alpha value is -4.84. The van der Waals surface area contributed by atoms with Crippen LogP contribution >= 0.6 is 0 Å². The van der Waals surface area contributed by atoms with E-state index in [9.17, 15) is 39.0 Å². The van der Waals surface area contributed by atoms with Gasteiger partial charge < -0.3 is 52.8 Å². The van der Waals surface area contributed by atoms with Gasteiger partial charge in [-0.1, -0.05) is 30.3 Å². The Kier molecular flexibility index (Phi) is 12.3. The molecule has 3 aliphatic rings. The van der Waals surface area contributed by atoms with Crippen LogP contribution in [0.3, 0.4) is 0 Å². The van der Waals surface area contributed by atoms with Crippen molar-refractivity contribution in [3.63, 3.8) is 0 Å². The summed E-state index contributed by atoms with van der Waals surface area (Å²) in [6.45, 7) is 3.67. The molecule has 50 heavy (non-hydrogen) atoms. The smallest absolute Gasteiger partial charge is 0.339 e. The molecular weight excluding hydrogens is 668 g/mol. The first kappa shape index (κ1) is 38.0. The van der Waals surface area contributed by atoms with E-state index in [4.69, 9.17) is 42.6 Å². The maximum Gasteiger partial charge on any atom is 0.339 e. The fourth-order valence-electron chi connectivity index (χ4n) is 5.98. The third kappa shape index (κ3) is 8.84. The first-order chi connectivity index (χ1) is 23.6. The van der Waals surface area contributed by atoms with Crippen LogP contribution in [0.25, 0.3) is 6.08 Å². The van der Waals surface area contributed by atoms with Crippen molar-refractivity contribution in [2.45, 2.75) is 88.9 Å². The second kappa shape index (κ2) is 16.2. The Labute approximate surface area is 285 Å². The molecule has 0 amide bonds. The number of esters is 6. The maximum absolute atomic E-state index is 12.8. The Morgan fingerprint density at radius 2 is 1.48 bits per heavy atom. The van der Waals surface area contributed by atoms with Gasteiger partial charge in [0.1, 0.15) is 36.1 Å². The van der Waals surface area contributed by atoms with Gasteiger partial charge >= 0.3 is 35.8 Å². The van der Waals surface area contributed by atoms with Crippen molar-refractivity contribution in [1.29, 1.82) is 0 Å². The van der Waals surface area contributed by atoms with Crippen LogP contribution in [0.4, 0.5) is 0 Å². The van der Waals surface area contributed by atoms with Gasteiger partial charge in [0.25, 0.3) is 0 Å². The number of aliphatic hydroxyl groups is 2. The van der Waals surface area contributed by atoms with E-state index in [1.807, 2.05) is 0 Å². The average Bonchev–Trinajstić information content (AvgIpc) is 3.30. The minimum atomic E-state index is -2.28. The predicted octanol–water partition coefficient (Wildman–Crippen LogP) is 0.236. The topological polar surface area (TPSA) is 226 Å². The molecule has 0 bridgehead atoms. The number of benzene rings is 1. The lowest BCUT2D eigenvalue weighted by molar-refractivity contribution is -0.350. The molecule has 1 saturated heterocycles. The number of ether oxygens (including phenoxy) is 9. The number of methoxy groups -OCH3 is 1. The van der Waals surface area contributed by atoms with Crippen molar-refractivity contribution >= 4 is 41.9 Å². The van der Waals surface area contributed by atoms with Crippen LogP contribution in [-0.4, -0.2) is 115 Å². The number of aliphatic hydroxyl groups excluding tert-OH is 1. The minimum absolute atomic E-state index is 0.427. The SMILES string of the molecule is COC(=O)C1=CO[C@@H](O[C@@H]2O[C@H](COC(C)=O)[C@@H](OC(C)=O)[C@H](OC(C)=O)[C@H]2OC(C)=O)[C@@H]2[C@@H](O)[C@@H](OC(=O)/C=C/c3ccccc3)C[C@]12O. The summed E-state index contributed by atoms with van der Waals surface area (Å²) in [5.41, 5.74) is -2.02. The van der Waals surface area contributed by atoms with Crippen LogP contribution in [0.2, 0.25) is 0 Å². The lowest BCUT2D eigenvalue weighted by Gasteiger charge is -2.46. The number of carbonyl (C=O) groups is 6. The molecule has 0 unspecified atom stereocenters.